The molecule has 0 spiro atoms. The van der Waals surface area contributed by atoms with Crippen molar-refractivity contribution < 1.29 is 14.8 Å². The molecule has 1 aromatic carbocycles. The maximum absolute atomic E-state index is 11.6. The van der Waals surface area contributed by atoms with E-state index in [1.807, 2.05) is 0 Å². The monoisotopic (exact) mass is 254 g/mol. The van der Waals surface area contributed by atoms with E-state index in [9.17, 15) is 20.0 Å². The zero-order valence-corrected chi connectivity index (χ0v) is 9.63. The third-order valence-corrected chi connectivity index (χ3v) is 2.91. The standard InChI is InChI=1S/C10H10N2O4S/c13-9-3-6(12(15)16)1-2-8(9)11-5-7(17)4-10(11)14/h1-3,7,13,17H,4-5H2. The van der Waals surface area contributed by atoms with Crippen LogP contribution in [-0.2, 0) is 4.79 Å². The lowest BCUT2D eigenvalue weighted by atomic mass is 10.2. The highest BCUT2D eigenvalue weighted by molar-refractivity contribution is 7.81. The van der Waals surface area contributed by atoms with Crippen molar-refractivity contribution in [2.24, 2.45) is 0 Å². The first kappa shape index (κ1) is 11.7. The number of hydrogen-bond donors (Lipinski definition) is 2. The first-order valence-electron chi connectivity index (χ1n) is 4.95. The van der Waals surface area contributed by atoms with Gasteiger partial charge in [0.1, 0.15) is 5.75 Å². The van der Waals surface area contributed by atoms with Crippen molar-refractivity contribution in [3.63, 3.8) is 0 Å². The number of non-ortho nitro benzene ring substituents is 1. The lowest BCUT2D eigenvalue weighted by Gasteiger charge is -2.16. The van der Waals surface area contributed by atoms with Crippen molar-refractivity contribution in [3.8, 4) is 5.75 Å². The molecule has 1 aliphatic heterocycles. The van der Waals surface area contributed by atoms with Gasteiger partial charge in [0, 0.05) is 24.3 Å². The van der Waals surface area contributed by atoms with Crippen molar-refractivity contribution in [1.29, 1.82) is 0 Å². The summed E-state index contributed by atoms with van der Waals surface area (Å²) in [5, 5.41) is 20.1. The van der Waals surface area contributed by atoms with Gasteiger partial charge in [-0.15, -0.1) is 0 Å². The highest BCUT2D eigenvalue weighted by Gasteiger charge is 2.30. The summed E-state index contributed by atoms with van der Waals surface area (Å²) < 4.78 is 0. The lowest BCUT2D eigenvalue weighted by molar-refractivity contribution is -0.384. The van der Waals surface area contributed by atoms with Gasteiger partial charge >= 0.3 is 0 Å². The number of amides is 1. The quantitative estimate of drug-likeness (QED) is 0.474. The van der Waals surface area contributed by atoms with Gasteiger partial charge in [-0.25, -0.2) is 0 Å². The number of rotatable bonds is 2. The Labute approximate surface area is 102 Å². The number of benzene rings is 1. The second-order valence-electron chi connectivity index (χ2n) is 3.79. The normalized spacial score (nSPS) is 19.7. The van der Waals surface area contributed by atoms with E-state index in [4.69, 9.17) is 0 Å². The number of carbonyl (C=O) groups excluding carboxylic acids is 1. The smallest absolute Gasteiger partial charge is 0.273 e. The van der Waals surface area contributed by atoms with Gasteiger partial charge in [-0.1, -0.05) is 0 Å². The Bertz CT molecular complexity index is 491. The van der Waals surface area contributed by atoms with Crippen LogP contribution in [0.2, 0.25) is 0 Å². The molecule has 6 nitrogen and oxygen atoms in total. The fourth-order valence-electron chi connectivity index (χ4n) is 1.78. The van der Waals surface area contributed by atoms with Gasteiger partial charge in [0.2, 0.25) is 5.91 Å². The van der Waals surface area contributed by atoms with E-state index in [-0.39, 0.29) is 28.3 Å². The predicted octanol–water partition coefficient (Wildman–Crippen LogP) is 1.34. The number of nitrogens with zero attached hydrogens (tertiary/aromatic N) is 2. The molecule has 1 atom stereocenters. The molecule has 0 aliphatic carbocycles. The van der Waals surface area contributed by atoms with E-state index in [0.29, 0.717) is 13.0 Å². The Morgan fingerprint density at radius 3 is 2.71 bits per heavy atom. The van der Waals surface area contributed by atoms with Crippen molar-refractivity contribution >= 4 is 29.9 Å². The molecule has 1 amide bonds. The fourth-order valence-corrected chi connectivity index (χ4v) is 2.09. The summed E-state index contributed by atoms with van der Waals surface area (Å²) in [6.45, 7) is 0.396. The number of phenolic OH excluding ortho intramolecular Hbond substituents is 1. The van der Waals surface area contributed by atoms with Gasteiger partial charge in [-0.3, -0.25) is 14.9 Å². The summed E-state index contributed by atoms with van der Waals surface area (Å²) in [7, 11) is 0. The van der Waals surface area contributed by atoms with Crippen LogP contribution in [0, 0.1) is 10.1 Å². The number of anilines is 1. The minimum absolute atomic E-state index is 0.0721. The minimum atomic E-state index is -0.600. The van der Waals surface area contributed by atoms with Crippen molar-refractivity contribution in [1.82, 2.24) is 0 Å². The number of thiol groups is 1. The molecular weight excluding hydrogens is 244 g/mol. The maximum Gasteiger partial charge on any atom is 0.273 e. The van der Waals surface area contributed by atoms with Crippen LogP contribution in [0.5, 0.6) is 5.75 Å². The Morgan fingerprint density at radius 2 is 2.24 bits per heavy atom. The van der Waals surface area contributed by atoms with Gasteiger partial charge in [0.25, 0.3) is 5.69 Å². The number of nitro groups is 1. The van der Waals surface area contributed by atoms with E-state index >= 15 is 0 Å². The number of carbonyl (C=O) groups is 1. The molecular formula is C10H10N2O4S. The summed E-state index contributed by atoms with van der Waals surface area (Å²) in [5.41, 5.74) is 0.0810. The summed E-state index contributed by atoms with van der Waals surface area (Å²) in [6, 6.07) is 3.67. The summed E-state index contributed by atoms with van der Waals surface area (Å²) in [4.78, 5) is 22.9. The van der Waals surface area contributed by atoms with Gasteiger partial charge in [-0.2, -0.15) is 12.6 Å². The molecule has 1 N–H and O–H groups in total. The predicted molar refractivity (Wildman–Crippen MR) is 64.5 cm³/mol. The Hall–Kier alpha value is -1.76. The van der Waals surface area contributed by atoms with Gasteiger partial charge < -0.3 is 10.0 Å². The molecule has 1 fully saturated rings. The Balaban J connectivity index is 2.34. The number of aromatic hydroxyl groups is 1. The molecule has 1 aromatic rings. The summed E-state index contributed by atoms with van der Waals surface area (Å²) >= 11 is 4.20. The highest BCUT2D eigenvalue weighted by atomic mass is 32.1. The van der Waals surface area contributed by atoms with Crippen LogP contribution in [-0.4, -0.2) is 27.7 Å². The zero-order chi connectivity index (χ0) is 12.6. The van der Waals surface area contributed by atoms with Crippen LogP contribution in [0.15, 0.2) is 18.2 Å². The van der Waals surface area contributed by atoms with Crippen LogP contribution in [0.3, 0.4) is 0 Å². The molecule has 2 rings (SSSR count). The minimum Gasteiger partial charge on any atom is -0.505 e. The third kappa shape index (κ3) is 2.19. The van der Waals surface area contributed by atoms with Crippen LogP contribution in [0.4, 0.5) is 11.4 Å². The maximum atomic E-state index is 11.6. The topological polar surface area (TPSA) is 83.7 Å². The van der Waals surface area contributed by atoms with Crippen LogP contribution >= 0.6 is 12.6 Å². The molecule has 0 aromatic heterocycles. The largest absolute Gasteiger partial charge is 0.505 e. The van der Waals surface area contributed by atoms with Gasteiger partial charge in [0.15, 0.2) is 0 Å². The fraction of sp³-hybridized carbons (Fsp3) is 0.300. The Kier molecular flexibility index (Phi) is 2.93. The first-order chi connectivity index (χ1) is 7.99. The third-order valence-electron chi connectivity index (χ3n) is 2.57. The highest BCUT2D eigenvalue weighted by Crippen LogP contribution is 2.34. The van der Waals surface area contributed by atoms with Crippen molar-refractivity contribution in [2.45, 2.75) is 11.7 Å². The van der Waals surface area contributed by atoms with E-state index < -0.39 is 4.92 Å². The van der Waals surface area contributed by atoms with Crippen molar-refractivity contribution in [3.05, 3.63) is 28.3 Å². The van der Waals surface area contributed by atoms with Crippen LogP contribution in [0.1, 0.15) is 6.42 Å². The molecule has 0 radical (unpaired) electrons. The van der Waals surface area contributed by atoms with E-state index in [0.717, 1.165) is 6.07 Å². The Morgan fingerprint density at radius 1 is 1.53 bits per heavy atom. The second-order valence-corrected chi connectivity index (χ2v) is 4.52. The molecule has 17 heavy (non-hydrogen) atoms. The summed E-state index contributed by atoms with van der Waals surface area (Å²) in [5.74, 6) is -0.413. The molecule has 1 unspecified atom stereocenters. The van der Waals surface area contributed by atoms with E-state index in [2.05, 4.69) is 12.6 Å². The van der Waals surface area contributed by atoms with Gasteiger partial charge in [0.05, 0.1) is 16.7 Å². The zero-order valence-electron chi connectivity index (χ0n) is 8.74. The van der Waals surface area contributed by atoms with Crippen LogP contribution < -0.4 is 4.90 Å². The molecule has 0 bridgehead atoms. The SMILES string of the molecule is O=C1CC(S)CN1c1ccc([N+](=O)[O-])cc1O. The molecule has 1 heterocycles. The lowest BCUT2D eigenvalue weighted by Crippen LogP contribution is -2.24. The average Bonchev–Trinajstić information content (AvgIpc) is 2.57. The van der Waals surface area contributed by atoms with Gasteiger partial charge in [-0.05, 0) is 6.07 Å². The molecule has 7 heteroatoms. The number of nitro benzene ring substituents is 1. The average molecular weight is 254 g/mol. The molecule has 0 saturated carbocycles. The number of phenols is 1. The molecule has 1 saturated heterocycles. The van der Waals surface area contributed by atoms with E-state index in [1.165, 1.54) is 17.0 Å². The number of hydrogen-bond acceptors (Lipinski definition) is 5. The van der Waals surface area contributed by atoms with Crippen molar-refractivity contribution in [2.75, 3.05) is 11.4 Å². The molecule has 1 aliphatic rings. The first-order valence-corrected chi connectivity index (χ1v) is 5.46. The second kappa shape index (κ2) is 4.25. The summed E-state index contributed by atoms with van der Waals surface area (Å²) in [6.07, 6.45) is 0.305. The van der Waals surface area contributed by atoms with Crippen LogP contribution in [0.25, 0.3) is 0 Å². The molecule has 90 valence electrons. The van der Waals surface area contributed by atoms with E-state index in [1.54, 1.807) is 0 Å².